The van der Waals surface area contributed by atoms with E-state index in [1.165, 1.54) is 0 Å². The van der Waals surface area contributed by atoms with Crippen molar-refractivity contribution in [3.8, 4) is 44.9 Å². The minimum absolute atomic E-state index is 0.711. The van der Waals surface area contributed by atoms with E-state index in [9.17, 15) is 0 Å². The van der Waals surface area contributed by atoms with Gasteiger partial charge in [0.05, 0.1) is 11.2 Å². The molecule has 0 aliphatic heterocycles. The molecule has 4 heteroatoms. The van der Waals surface area contributed by atoms with Crippen molar-refractivity contribution >= 4 is 10.9 Å². The largest absolute Gasteiger partial charge is 0.264 e. The second-order valence-electron chi connectivity index (χ2n) is 8.05. The van der Waals surface area contributed by atoms with Crippen LogP contribution in [0.1, 0.15) is 0 Å². The number of aromatic nitrogens is 4. The molecule has 34 heavy (non-hydrogen) atoms. The van der Waals surface area contributed by atoms with Crippen LogP contribution in [0.15, 0.2) is 122 Å². The van der Waals surface area contributed by atoms with Gasteiger partial charge < -0.3 is 0 Å². The van der Waals surface area contributed by atoms with Gasteiger partial charge >= 0.3 is 0 Å². The summed E-state index contributed by atoms with van der Waals surface area (Å²) >= 11 is 0. The maximum atomic E-state index is 5.01. The van der Waals surface area contributed by atoms with Gasteiger partial charge in [-0.3, -0.25) is 9.97 Å². The standard InChI is InChI=1S/C30H20N4/c1-2-8-28-27(7-1)29(23-13-9-21(10-14-23)25-5-3-17-31-19-25)34-30(33-28)24-15-11-22(12-16-24)26-6-4-18-32-20-26/h1-20H. The van der Waals surface area contributed by atoms with Crippen LogP contribution in [0.5, 0.6) is 0 Å². The average molecular weight is 437 g/mol. The summed E-state index contributed by atoms with van der Waals surface area (Å²) in [5.41, 5.74) is 8.31. The molecule has 0 radical (unpaired) electrons. The third-order valence-electron chi connectivity index (χ3n) is 5.89. The van der Waals surface area contributed by atoms with Crippen molar-refractivity contribution in [1.29, 1.82) is 0 Å². The van der Waals surface area contributed by atoms with Gasteiger partial charge in [-0.25, -0.2) is 9.97 Å². The fraction of sp³-hybridized carbons (Fsp3) is 0. The molecule has 0 aliphatic carbocycles. The maximum Gasteiger partial charge on any atom is 0.160 e. The molecule has 0 saturated carbocycles. The molecule has 0 aliphatic rings. The van der Waals surface area contributed by atoms with Crippen molar-refractivity contribution in [2.75, 3.05) is 0 Å². The third-order valence-corrected chi connectivity index (χ3v) is 5.89. The Morgan fingerprint density at radius 2 is 0.971 bits per heavy atom. The number of hydrogen-bond donors (Lipinski definition) is 0. The van der Waals surface area contributed by atoms with E-state index in [2.05, 4.69) is 76.7 Å². The Balaban J connectivity index is 1.42. The first kappa shape index (κ1) is 19.9. The summed E-state index contributed by atoms with van der Waals surface area (Å²) < 4.78 is 0. The van der Waals surface area contributed by atoms with Gasteiger partial charge in [-0.05, 0) is 40.5 Å². The molecule has 0 amide bonds. The third kappa shape index (κ3) is 3.82. The van der Waals surface area contributed by atoms with E-state index in [1.807, 2.05) is 42.7 Å². The lowest BCUT2D eigenvalue weighted by molar-refractivity contribution is 1.23. The molecule has 3 aromatic heterocycles. The number of pyridine rings is 2. The van der Waals surface area contributed by atoms with Crippen LogP contribution < -0.4 is 0 Å². The summed E-state index contributed by atoms with van der Waals surface area (Å²) in [6.45, 7) is 0. The number of fused-ring (bicyclic) bond motifs is 1. The zero-order valence-corrected chi connectivity index (χ0v) is 18.3. The highest BCUT2D eigenvalue weighted by Gasteiger charge is 2.12. The Labute approximate surface area is 197 Å². The highest BCUT2D eigenvalue weighted by atomic mass is 14.9. The van der Waals surface area contributed by atoms with Crippen molar-refractivity contribution < 1.29 is 0 Å². The van der Waals surface area contributed by atoms with Crippen LogP contribution in [-0.2, 0) is 0 Å². The van der Waals surface area contributed by atoms with Crippen LogP contribution in [-0.4, -0.2) is 19.9 Å². The SMILES string of the molecule is c1cncc(-c2ccc(-c3nc(-c4ccc(-c5cccnc5)cc4)c4ccccc4n3)cc2)c1. The molecule has 6 aromatic rings. The van der Waals surface area contributed by atoms with Crippen LogP contribution in [0.25, 0.3) is 55.8 Å². The van der Waals surface area contributed by atoms with E-state index >= 15 is 0 Å². The van der Waals surface area contributed by atoms with E-state index in [0.717, 1.165) is 50.0 Å². The summed E-state index contributed by atoms with van der Waals surface area (Å²) in [6, 6.07) is 33.0. The molecule has 6 rings (SSSR count). The van der Waals surface area contributed by atoms with Gasteiger partial charge in [0.15, 0.2) is 5.82 Å². The monoisotopic (exact) mass is 436 g/mol. The number of benzene rings is 3. The zero-order valence-electron chi connectivity index (χ0n) is 18.3. The summed E-state index contributed by atoms with van der Waals surface area (Å²) in [6.07, 6.45) is 7.32. The lowest BCUT2D eigenvalue weighted by Crippen LogP contribution is -1.95. The summed E-state index contributed by atoms with van der Waals surface area (Å²) in [4.78, 5) is 18.3. The molecule has 0 atom stereocenters. The van der Waals surface area contributed by atoms with Crippen LogP contribution in [0.2, 0.25) is 0 Å². The minimum atomic E-state index is 0.711. The number of para-hydroxylation sites is 1. The van der Waals surface area contributed by atoms with Crippen molar-refractivity contribution in [3.05, 3.63) is 122 Å². The predicted octanol–water partition coefficient (Wildman–Crippen LogP) is 7.09. The first-order valence-electron chi connectivity index (χ1n) is 11.1. The number of nitrogens with zero attached hydrogens (tertiary/aromatic N) is 4. The van der Waals surface area contributed by atoms with Crippen molar-refractivity contribution in [2.24, 2.45) is 0 Å². The highest BCUT2D eigenvalue weighted by Crippen LogP contribution is 2.31. The van der Waals surface area contributed by atoms with Crippen LogP contribution >= 0.6 is 0 Å². The number of hydrogen-bond acceptors (Lipinski definition) is 4. The summed E-state index contributed by atoms with van der Waals surface area (Å²) in [5, 5.41) is 1.03. The molecule has 0 N–H and O–H groups in total. The lowest BCUT2D eigenvalue weighted by Gasteiger charge is -2.10. The topological polar surface area (TPSA) is 51.6 Å². The Morgan fingerprint density at radius 1 is 0.412 bits per heavy atom. The highest BCUT2D eigenvalue weighted by molar-refractivity contribution is 5.94. The summed E-state index contributed by atoms with van der Waals surface area (Å²) in [5.74, 6) is 0.711. The van der Waals surface area contributed by atoms with Crippen LogP contribution in [0, 0.1) is 0 Å². The second-order valence-corrected chi connectivity index (χ2v) is 8.05. The molecule has 3 heterocycles. The fourth-order valence-corrected chi connectivity index (χ4v) is 4.13. The van der Waals surface area contributed by atoms with Crippen LogP contribution in [0.4, 0.5) is 0 Å². The number of rotatable bonds is 4. The molecular weight excluding hydrogens is 416 g/mol. The van der Waals surface area contributed by atoms with E-state index in [-0.39, 0.29) is 0 Å². The first-order chi connectivity index (χ1) is 16.8. The van der Waals surface area contributed by atoms with Crippen molar-refractivity contribution in [2.45, 2.75) is 0 Å². The average Bonchev–Trinajstić information content (AvgIpc) is 2.94. The molecule has 0 unspecified atom stereocenters. The Bertz CT molecular complexity index is 1560. The molecule has 0 spiro atoms. The van der Waals surface area contributed by atoms with Gasteiger partial charge in [-0.1, -0.05) is 78.9 Å². The van der Waals surface area contributed by atoms with Gasteiger partial charge in [0.25, 0.3) is 0 Å². The van der Waals surface area contributed by atoms with Crippen molar-refractivity contribution in [1.82, 2.24) is 19.9 Å². The lowest BCUT2D eigenvalue weighted by atomic mass is 10.0. The minimum Gasteiger partial charge on any atom is -0.264 e. The molecule has 160 valence electrons. The van der Waals surface area contributed by atoms with E-state index in [0.29, 0.717) is 5.82 Å². The van der Waals surface area contributed by atoms with Gasteiger partial charge in [-0.15, -0.1) is 0 Å². The fourth-order valence-electron chi connectivity index (χ4n) is 4.13. The smallest absolute Gasteiger partial charge is 0.160 e. The van der Waals surface area contributed by atoms with Crippen LogP contribution in [0.3, 0.4) is 0 Å². The Morgan fingerprint density at radius 3 is 1.56 bits per heavy atom. The molecule has 4 nitrogen and oxygen atoms in total. The maximum absolute atomic E-state index is 5.01. The van der Waals surface area contributed by atoms with Crippen molar-refractivity contribution in [3.63, 3.8) is 0 Å². The van der Waals surface area contributed by atoms with Gasteiger partial charge in [0.2, 0.25) is 0 Å². The van der Waals surface area contributed by atoms with E-state index in [1.54, 1.807) is 12.4 Å². The molecule has 3 aromatic carbocycles. The second kappa shape index (κ2) is 8.68. The van der Waals surface area contributed by atoms with E-state index in [4.69, 9.17) is 9.97 Å². The quantitative estimate of drug-likeness (QED) is 0.296. The molecular formula is C30H20N4. The van der Waals surface area contributed by atoms with Gasteiger partial charge in [0, 0.05) is 41.3 Å². The Hall–Kier alpha value is -4.70. The van der Waals surface area contributed by atoms with Gasteiger partial charge in [-0.2, -0.15) is 0 Å². The predicted molar refractivity (Wildman–Crippen MR) is 137 cm³/mol. The molecule has 0 saturated heterocycles. The Kier molecular flexibility index (Phi) is 5.09. The van der Waals surface area contributed by atoms with Gasteiger partial charge in [0.1, 0.15) is 0 Å². The zero-order chi connectivity index (χ0) is 22.7. The first-order valence-corrected chi connectivity index (χ1v) is 11.1. The molecule has 0 bridgehead atoms. The molecule has 0 fully saturated rings. The van der Waals surface area contributed by atoms with E-state index < -0.39 is 0 Å². The summed E-state index contributed by atoms with van der Waals surface area (Å²) in [7, 11) is 0. The normalized spacial score (nSPS) is 10.9.